The summed E-state index contributed by atoms with van der Waals surface area (Å²) in [5.41, 5.74) is 0.0911. The highest BCUT2D eigenvalue weighted by Crippen LogP contribution is 2.38. The Labute approximate surface area is 158 Å². The van der Waals surface area contributed by atoms with Crippen LogP contribution in [0, 0.1) is 13.8 Å². The highest BCUT2D eigenvalue weighted by molar-refractivity contribution is 9.10. The van der Waals surface area contributed by atoms with Gasteiger partial charge >= 0.3 is 6.18 Å². The molecule has 0 atom stereocenters. The van der Waals surface area contributed by atoms with E-state index in [-0.39, 0.29) is 22.9 Å². The van der Waals surface area contributed by atoms with Crippen molar-refractivity contribution in [1.29, 1.82) is 0 Å². The van der Waals surface area contributed by atoms with Gasteiger partial charge in [-0.15, -0.1) is 0 Å². The molecule has 0 fully saturated rings. The summed E-state index contributed by atoms with van der Waals surface area (Å²) < 4.78 is 40.4. The highest BCUT2D eigenvalue weighted by Gasteiger charge is 2.34. The lowest BCUT2D eigenvalue weighted by Gasteiger charge is -2.18. The molecule has 140 valence electrons. The van der Waals surface area contributed by atoms with E-state index in [1.807, 2.05) is 13.8 Å². The summed E-state index contributed by atoms with van der Waals surface area (Å²) in [5.74, 6) is -1.08. The molecule has 26 heavy (non-hydrogen) atoms. The minimum Gasteiger partial charge on any atom is -0.507 e. The van der Waals surface area contributed by atoms with Crippen molar-refractivity contribution < 1.29 is 23.1 Å². The maximum Gasteiger partial charge on any atom is 0.418 e. The van der Waals surface area contributed by atoms with Crippen molar-refractivity contribution in [3.63, 3.8) is 0 Å². The fourth-order valence-electron chi connectivity index (χ4n) is 2.66. The van der Waals surface area contributed by atoms with Crippen molar-refractivity contribution in [2.75, 3.05) is 5.32 Å². The van der Waals surface area contributed by atoms with Crippen LogP contribution < -0.4 is 5.32 Å². The smallest absolute Gasteiger partial charge is 0.418 e. The van der Waals surface area contributed by atoms with Gasteiger partial charge in [-0.25, -0.2) is 0 Å². The third-order valence-electron chi connectivity index (χ3n) is 4.10. The zero-order chi connectivity index (χ0) is 19.8. The quantitative estimate of drug-likeness (QED) is 0.612. The first-order valence-corrected chi connectivity index (χ1v) is 8.74. The first-order valence-electron chi connectivity index (χ1n) is 7.94. The highest BCUT2D eigenvalue weighted by atomic mass is 79.9. The number of amides is 1. The van der Waals surface area contributed by atoms with E-state index in [1.54, 1.807) is 19.9 Å². The Bertz CT molecular complexity index is 861. The molecule has 2 aromatic rings. The average molecular weight is 430 g/mol. The van der Waals surface area contributed by atoms with E-state index in [0.29, 0.717) is 21.2 Å². The number of phenolic OH excluding ortho intramolecular Hbond substituents is 1. The van der Waals surface area contributed by atoms with Gasteiger partial charge in [-0.1, -0.05) is 41.4 Å². The monoisotopic (exact) mass is 429 g/mol. The molecule has 0 radical (unpaired) electrons. The molecule has 0 spiro atoms. The molecular formula is C19H19BrF3NO2. The standard InChI is InChI=1S/C19H19BrF3NO2/c1-9(2)12-8-14(20)11(4)16(17(12)25)18(26)24-15-6-5-10(3)7-13(15)19(21,22)23/h5-9,25H,1-4H3,(H,24,26). The third kappa shape index (κ3) is 4.03. The van der Waals surface area contributed by atoms with Gasteiger partial charge in [0.15, 0.2) is 0 Å². The van der Waals surface area contributed by atoms with Gasteiger partial charge in [-0.3, -0.25) is 4.79 Å². The minimum absolute atomic E-state index is 0.0447. The lowest BCUT2D eigenvalue weighted by atomic mass is 9.95. The molecule has 2 rings (SSSR count). The first-order chi connectivity index (χ1) is 11.9. The van der Waals surface area contributed by atoms with Crippen molar-refractivity contribution in [3.8, 4) is 5.75 Å². The molecule has 0 aromatic heterocycles. The van der Waals surface area contributed by atoms with E-state index in [2.05, 4.69) is 21.2 Å². The van der Waals surface area contributed by atoms with Crippen molar-refractivity contribution in [2.45, 2.75) is 39.8 Å². The predicted octanol–water partition coefficient (Wildman–Crippen LogP) is 6.17. The molecule has 0 heterocycles. The van der Waals surface area contributed by atoms with Crippen LogP contribution in [0.4, 0.5) is 18.9 Å². The molecule has 0 saturated carbocycles. The second kappa shape index (κ2) is 7.31. The normalized spacial score (nSPS) is 11.7. The molecule has 0 aliphatic heterocycles. The summed E-state index contributed by atoms with van der Waals surface area (Å²) in [6.45, 7) is 6.85. The Hall–Kier alpha value is -2.02. The summed E-state index contributed by atoms with van der Waals surface area (Å²) in [7, 11) is 0. The van der Waals surface area contributed by atoms with Gasteiger partial charge < -0.3 is 10.4 Å². The zero-order valence-electron chi connectivity index (χ0n) is 14.8. The Morgan fingerprint density at radius 3 is 2.35 bits per heavy atom. The number of anilines is 1. The van der Waals surface area contributed by atoms with Gasteiger partial charge in [0.2, 0.25) is 0 Å². The fourth-order valence-corrected chi connectivity index (χ4v) is 3.10. The zero-order valence-corrected chi connectivity index (χ0v) is 16.3. The number of halogens is 4. The molecule has 2 aromatic carbocycles. The number of aryl methyl sites for hydroxylation is 1. The second-order valence-corrected chi connectivity index (χ2v) is 7.31. The van der Waals surface area contributed by atoms with E-state index in [4.69, 9.17) is 0 Å². The Morgan fingerprint density at radius 1 is 1.19 bits per heavy atom. The van der Waals surface area contributed by atoms with Crippen molar-refractivity contribution in [2.24, 2.45) is 0 Å². The predicted molar refractivity (Wildman–Crippen MR) is 98.8 cm³/mol. The fraction of sp³-hybridized carbons (Fsp3) is 0.316. The van der Waals surface area contributed by atoms with Crippen LogP contribution in [0.1, 0.15) is 52.4 Å². The van der Waals surface area contributed by atoms with Crippen LogP contribution in [0.15, 0.2) is 28.7 Å². The molecule has 0 unspecified atom stereocenters. The van der Waals surface area contributed by atoms with Gasteiger partial charge in [-0.05, 0) is 49.1 Å². The van der Waals surface area contributed by atoms with E-state index in [1.165, 1.54) is 12.1 Å². The third-order valence-corrected chi connectivity index (χ3v) is 4.93. The minimum atomic E-state index is -4.61. The Kier molecular flexibility index (Phi) is 5.70. The molecule has 7 heteroatoms. The number of carbonyl (C=O) groups is 1. The summed E-state index contributed by atoms with van der Waals surface area (Å²) in [4.78, 5) is 12.7. The van der Waals surface area contributed by atoms with Gasteiger partial charge in [0, 0.05) is 4.47 Å². The summed E-state index contributed by atoms with van der Waals surface area (Å²) in [5, 5.41) is 12.8. The van der Waals surface area contributed by atoms with Crippen LogP contribution in [0.2, 0.25) is 0 Å². The number of nitrogens with one attached hydrogen (secondary N) is 1. The topological polar surface area (TPSA) is 49.3 Å². The van der Waals surface area contributed by atoms with Crippen LogP contribution in [0.5, 0.6) is 5.75 Å². The van der Waals surface area contributed by atoms with Crippen LogP contribution in [-0.4, -0.2) is 11.0 Å². The van der Waals surface area contributed by atoms with Gasteiger partial charge in [0.25, 0.3) is 5.91 Å². The average Bonchev–Trinajstić information content (AvgIpc) is 2.51. The molecule has 0 bridgehead atoms. The van der Waals surface area contributed by atoms with E-state index >= 15 is 0 Å². The molecule has 0 aliphatic carbocycles. The van der Waals surface area contributed by atoms with E-state index in [0.717, 1.165) is 6.07 Å². The summed E-state index contributed by atoms with van der Waals surface area (Å²) >= 11 is 3.34. The van der Waals surface area contributed by atoms with Crippen LogP contribution >= 0.6 is 15.9 Å². The molecule has 2 N–H and O–H groups in total. The number of aromatic hydroxyl groups is 1. The number of alkyl halides is 3. The van der Waals surface area contributed by atoms with E-state index in [9.17, 15) is 23.1 Å². The molecule has 0 saturated heterocycles. The number of hydrogen-bond donors (Lipinski definition) is 2. The van der Waals surface area contributed by atoms with Crippen LogP contribution in [0.3, 0.4) is 0 Å². The Morgan fingerprint density at radius 2 is 1.81 bits per heavy atom. The van der Waals surface area contributed by atoms with Crippen molar-refractivity contribution >= 4 is 27.5 Å². The summed E-state index contributed by atoms with van der Waals surface area (Å²) in [6, 6.07) is 5.38. The number of rotatable bonds is 3. The number of carbonyl (C=O) groups excluding carboxylic acids is 1. The summed E-state index contributed by atoms with van der Waals surface area (Å²) in [6.07, 6.45) is -4.61. The number of hydrogen-bond acceptors (Lipinski definition) is 2. The number of benzene rings is 2. The van der Waals surface area contributed by atoms with Crippen molar-refractivity contribution in [1.82, 2.24) is 0 Å². The van der Waals surface area contributed by atoms with Crippen LogP contribution in [0.25, 0.3) is 0 Å². The second-order valence-electron chi connectivity index (χ2n) is 6.45. The number of phenols is 1. The largest absolute Gasteiger partial charge is 0.507 e. The molecule has 3 nitrogen and oxygen atoms in total. The lowest BCUT2D eigenvalue weighted by Crippen LogP contribution is -2.18. The van der Waals surface area contributed by atoms with E-state index < -0.39 is 17.6 Å². The van der Waals surface area contributed by atoms with Crippen LogP contribution in [-0.2, 0) is 6.18 Å². The van der Waals surface area contributed by atoms with Gasteiger partial charge in [0.05, 0.1) is 16.8 Å². The molecule has 0 aliphatic rings. The van der Waals surface area contributed by atoms with Gasteiger partial charge in [-0.2, -0.15) is 13.2 Å². The lowest BCUT2D eigenvalue weighted by molar-refractivity contribution is -0.136. The maximum absolute atomic E-state index is 13.3. The van der Waals surface area contributed by atoms with Crippen molar-refractivity contribution in [3.05, 3.63) is 56.6 Å². The maximum atomic E-state index is 13.3. The molecular weight excluding hydrogens is 411 g/mol. The SMILES string of the molecule is Cc1ccc(NC(=O)c2c(C)c(Br)cc(C(C)C)c2O)c(C(F)(F)F)c1. The molecule has 1 amide bonds. The Balaban J connectivity index is 2.53. The first kappa shape index (κ1) is 20.3. The van der Waals surface area contributed by atoms with Gasteiger partial charge in [0.1, 0.15) is 5.75 Å².